The Balaban J connectivity index is 1.58. The van der Waals surface area contributed by atoms with Crippen LogP contribution in [0.1, 0.15) is 55.0 Å². The van der Waals surface area contributed by atoms with E-state index in [0.29, 0.717) is 19.0 Å². The molecular formula is C25H30Br2ClN2O4P. The number of benzene rings is 1. The predicted molar refractivity (Wildman–Crippen MR) is 145 cm³/mol. The molecule has 0 spiro atoms. The van der Waals surface area contributed by atoms with Gasteiger partial charge in [-0.05, 0) is 96.3 Å². The number of carbonyl (C=O) groups excluding carboxylic acids is 1. The third kappa shape index (κ3) is 6.22. The number of amides is 1. The van der Waals surface area contributed by atoms with Gasteiger partial charge in [-0.15, -0.1) is 0 Å². The lowest BCUT2D eigenvalue weighted by atomic mass is 9.76. The highest BCUT2D eigenvalue weighted by Crippen LogP contribution is 2.49. The van der Waals surface area contributed by atoms with Gasteiger partial charge in [0.2, 0.25) is 5.91 Å². The summed E-state index contributed by atoms with van der Waals surface area (Å²) in [6.45, 7) is 5.20. The molecule has 1 aromatic carbocycles. The first-order valence-corrected chi connectivity index (χ1v) is 15.7. The molecule has 4 rings (SSSR count). The van der Waals surface area contributed by atoms with Crippen LogP contribution in [0.15, 0.2) is 33.3 Å². The number of pyridine rings is 1. The van der Waals surface area contributed by atoms with Crippen molar-refractivity contribution in [2.45, 2.75) is 45.4 Å². The molecule has 2 aromatic rings. The van der Waals surface area contributed by atoms with E-state index in [2.05, 4.69) is 44.0 Å². The fourth-order valence-corrected chi connectivity index (χ4v) is 8.37. The molecule has 6 nitrogen and oxygen atoms in total. The maximum Gasteiger partial charge on any atom is 0.340 e. The number of nitrogens with zero attached hydrogens (tertiary/aromatic N) is 2. The zero-order valence-corrected chi connectivity index (χ0v) is 24.8. The topological polar surface area (TPSA) is 68.7 Å². The molecule has 0 bridgehead atoms. The molecule has 0 N–H and O–H groups in total. The standard InChI is InChI=1S/C25H30Br2ClN2O4P/c1-3-33-35(32,34-4-2)15-22(31)30-9-7-16(8-10-30)24-23-17(12-20(28)13-21(23)27)5-6-18-11-19(26)14-29-25(18)24/h11-14,16,24H,3-10,15H2,1-2H3. The minimum atomic E-state index is -3.42. The molecule has 1 aromatic heterocycles. The number of likely N-dealkylation sites (tertiary alicyclic amines) is 1. The van der Waals surface area contributed by atoms with Crippen molar-refractivity contribution in [3.8, 4) is 0 Å². The molecule has 1 aliphatic carbocycles. The van der Waals surface area contributed by atoms with Crippen LogP contribution in [0.3, 0.4) is 0 Å². The first-order chi connectivity index (χ1) is 16.7. The average Bonchev–Trinajstić information content (AvgIpc) is 2.96. The highest BCUT2D eigenvalue weighted by molar-refractivity contribution is 9.10. The van der Waals surface area contributed by atoms with E-state index in [4.69, 9.17) is 25.6 Å². The number of aromatic nitrogens is 1. The number of aryl methyl sites for hydroxylation is 2. The Labute approximate surface area is 228 Å². The molecule has 1 aliphatic heterocycles. The van der Waals surface area contributed by atoms with Crippen LogP contribution in [0.25, 0.3) is 0 Å². The molecule has 10 heteroatoms. The zero-order chi connectivity index (χ0) is 25.2. The normalized spacial score (nSPS) is 18.7. The van der Waals surface area contributed by atoms with E-state index >= 15 is 0 Å². The van der Waals surface area contributed by atoms with E-state index in [9.17, 15) is 9.36 Å². The lowest BCUT2D eigenvalue weighted by Gasteiger charge is -2.37. The van der Waals surface area contributed by atoms with E-state index in [1.54, 1.807) is 18.7 Å². The largest absolute Gasteiger partial charge is 0.342 e. The van der Waals surface area contributed by atoms with Crippen LogP contribution in [0.2, 0.25) is 5.02 Å². The van der Waals surface area contributed by atoms with Crippen molar-refractivity contribution in [2.24, 2.45) is 5.92 Å². The first kappa shape index (κ1) is 27.3. The van der Waals surface area contributed by atoms with Gasteiger partial charge in [0.15, 0.2) is 0 Å². The van der Waals surface area contributed by atoms with Crippen molar-refractivity contribution >= 4 is 57.0 Å². The van der Waals surface area contributed by atoms with Crippen molar-refractivity contribution in [2.75, 3.05) is 32.5 Å². The van der Waals surface area contributed by atoms with Gasteiger partial charge in [0.05, 0.1) is 18.9 Å². The molecule has 0 radical (unpaired) electrons. The van der Waals surface area contributed by atoms with Gasteiger partial charge in [-0.3, -0.25) is 14.3 Å². The van der Waals surface area contributed by atoms with Gasteiger partial charge in [-0.2, -0.15) is 0 Å². The minimum Gasteiger partial charge on any atom is -0.342 e. The number of rotatable bonds is 7. The van der Waals surface area contributed by atoms with Crippen LogP contribution < -0.4 is 0 Å². The summed E-state index contributed by atoms with van der Waals surface area (Å²) in [4.78, 5) is 19.7. The maximum absolute atomic E-state index is 13.0. The van der Waals surface area contributed by atoms with Crippen molar-refractivity contribution in [1.82, 2.24) is 9.88 Å². The second kappa shape index (κ2) is 11.7. The lowest BCUT2D eigenvalue weighted by molar-refractivity contribution is -0.130. The van der Waals surface area contributed by atoms with E-state index < -0.39 is 7.60 Å². The number of hydrogen-bond donors (Lipinski definition) is 0. The van der Waals surface area contributed by atoms with Gasteiger partial charge in [0.25, 0.3) is 0 Å². The summed E-state index contributed by atoms with van der Waals surface area (Å²) in [5.41, 5.74) is 4.86. The van der Waals surface area contributed by atoms with Crippen molar-refractivity contribution in [1.29, 1.82) is 0 Å². The van der Waals surface area contributed by atoms with Gasteiger partial charge in [-0.25, -0.2) is 0 Å². The SMILES string of the molecule is CCOP(=O)(CC(=O)N1CCC(C2c3ncc(Br)cc3CCc3cc(Cl)cc(Br)c32)CC1)OCC. The quantitative estimate of drug-likeness (QED) is 0.303. The molecule has 2 heterocycles. The summed E-state index contributed by atoms with van der Waals surface area (Å²) in [6, 6.07) is 6.22. The van der Waals surface area contributed by atoms with E-state index in [1.165, 1.54) is 16.7 Å². The summed E-state index contributed by atoms with van der Waals surface area (Å²) in [5.74, 6) is 0.245. The predicted octanol–water partition coefficient (Wildman–Crippen LogP) is 7.00. The van der Waals surface area contributed by atoms with Crippen molar-refractivity contribution in [3.05, 3.63) is 60.7 Å². The Bertz CT molecular complexity index is 1130. The number of fused-ring (bicyclic) bond motifs is 2. The van der Waals surface area contributed by atoms with Gasteiger partial charge in [0.1, 0.15) is 6.16 Å². The molecule has 190 valence electrons. The smallest absolute Gasteiger partial charge is 0.340 e. The summed E-state index contributed by atoms with van der Waals surface area (Å²) in [5, 5.41) is 0.725. The Morgan fingerprint density at radius 2 is 1.77 bits per heavy atom. The highest BCUT2D eigenvalue weighted by atomic mass is 79.9. The summed E-state index contributed by atoms with van der Waals surface area (Å²) >= 11 is 13.8. The molecule has 1 fully saturated rings. The third-order valence-electron chi connectivity index (χ3n) is 6.76. The highest BCUT2D eigenvalue weighted by Gasteiger charge is 2.37. The zero-order valence-electron chi connectivity index (χ0n) is 19.9. The van der Waals surface area contributed by atoms with Gasteiger partial charge < -0.3 is 13.9 Å². The van der Waals surface area contributed by atoms with Gasteiger partial charge in [-0.1, -0.05) is 27.5 Å². The first-order valence-electron chi connectivity index (χ1n) is 12.0. The number of halogens is 3. The fraction of sp³-hybridized carbons (Fsp3) is 0.520. The molecule has 2 aliphatic rings. The van der Waals surface area contributed by atoms with Gasteiger partial charge in [0, 0.05) is 39.2 Å². The molecule has 35 heavy (non-hydrogen) atoms. The molecule has 0 saturated carbocycles. The average molecular weight is 649 g/mol. The Kier molecular flexibility index (Phi) is 9.15. The fourth-order valence-electron chi connectivity index (χ4n) is 5.30. The second-order valence-electron chi connectivity index (χ2n) is 8.96. The van der Waals surface area contributed by atoms with Crippen LogP contribution in [0.4, 0.5) is 0 Å². The molecule has 1 atom stereocenters. The van der Waals surface area contributed by atoms with Crippen LogP contribution in [-0.4, -0.2) is 48.3 Å². The number of carbonyl (C=O) groups is 1. The minimum absolute atomic E-state index is 0.109. The second-order valence-corrected chi connectivity index (χ2v) is 13.2. The Hall–Kier alpha value is -0.760. The van der Waals surface area contributed by atoms with Crippen molar-refractivity contribution < 1.29 is 18.4 Å². The van der Waals surface area contributed by atoms with Crippen LogP contribution in [0.5, 0.6) is 0 Å². The summed E-state index contributed by atoms with van der Waals surface area (Å²) in [6.07, 6.45) is 5.12. The van der Waals surface area contributed by atoms with E-state index in [-0.39, 0.29) is 31.2 Å². The van der Waals surface area contributed by atoms with Crippen LogP contribution in [0, 0.1) is 5.92 Å². The Morgan fingerprint density at radius 1 is 1.11 bits per heavy atom. The lowest BCUT2D eigenvalue weighted by Crippen LogP contribution is -2.41. The summed E-state index contributed by atoms with van der Waals surface area (Å²) in [7, 11) is -3.42. The number of hydrogen-bond acceptors (Lipinski definition) is 5. The molecule has 1 saturated heterocycles. The maximum atomic E-state index is 13.0. The van der Waals surface area contributed by atoms with Crippen LogP contribution in [-0.2, 0) is 31.2 Å². The van der Waals surface area contributed by atoms with Gasteiger partial charge >= 0.3 is 7.60 Å². The Morgan fingerprint density at radius 3 is 2.43 bits per heavy atom. The molecule has 1 amide bonds. The van der Waals surface area contributed by atoms with Crippen molar-refractivity contribution in [3.63, 3.8) is 0 Å². The van der Waals surface area contributed by atoms with E-state index in [1.807, 2.05) is 12.3 Å². The number of piperidine rings is 1. The van der Waals surface area contributed by atoms with E-state index in [0.717, 1.165) is 45.3 Å². The third-order valence-corrected chi connectivity index (χ3v) is 10.0. The monoisotopic (exact) mass is 646 g/mol. The van der Waals surface area contributed by atoms with Crippen LogP contribution >= 0.6 is 51.1 Å². The molecule has 1 unspecified atom stereocenters. The molecular weight excluding hydrogens is 619 g/mol. The summed E-state index contributed by atoms with van der Waals surface area (Å²) < 4.78 is 25.5.